The van der Waals surface area contributed by atoms with Gasteiger partial charge in [0.25, 0.3) is 0 Å². The first-order valence-electron chi connectivity index (χ1n) is 12.9. The lowest BCUT2D eigenvalue weighted by atomic mass is 9.67. The van der Waals surface area contributed by atoms with Crippen molar-refractivity contribution in [3.8, 4) is 0 Å². The van der Waals surface area contributed by atoms with Crippen LogP contribution in [0, 0.1) is 23.2 Å². The second kappa shape index (κ2) is 8.25. The van der Waals surface area contributed by atoms with Gasteiger partial charge in [-0.2, -0.15) is 0 Å². The second-order valence-electron chi connectivity index (χ2n) is 13.8. The second-order valence-corrected chi connectivity index (χ2v) is 18.6. The number of esters is 1. The molecule has 8 heteroatoms. The Morgan fingerprint density at radius 3 is 2.12 bits per heavy atom. The van der Waals surface area contributed by atoms with Gasteiger partial charge < -0.3 is 28.1 Å². The Morgan fingerprint density at radius 2 is 1.56 bits per heavy atom. The van der Waals surface area contributed by atoms with E-state index >= 15 is 0 Å². The molecular weight excluding hydrogens is 452 g/mol. The lowest BCUT2D eigenvalue weighted by Crippen LogP contribution is -2.60. The predicted molar refractivity (Wildman–Crippen MR) is 131 cm³/mol. The van der Waals surface area contributed by atoms with Gasteiger partial charge in [0.1, 0.15) is 6.10 Å². The molecule has 4 rings (SSSR count). The molecule has 3 aliphatic heterocycles. The maximum absolute atomic E-state index is 13.2. The van der Waals surface area contributed by atoms with Crippen LogP contribution in [0.2, 0.25) is 18.1 Å². The minimum atomic E-state index is -2.05. The molecule has 0 bridgehead atoms. The van der Waals surface area contributed by atoms with E-state index in [-0.39, 0.29) is 58.6 Å². The van der Waals surface area contributed by atoms with E-state index in [4.69, 9.17) is 28.1 Å². The average molecular weight is 499 g/mol. The van der Waals surface area contributed by atoms with E-state index in [1.807, 2.05) is 27.7 Å². The molecule has 4 fully saturated rings. The van der Waals surface area contributed by atoms with Gasteiger partial charge in [-0.15, -0.1) is 0 Å². The zero-order valence-corrected chi connectivity index (χ0v) is 24.0. The SMILES string of the molecule is C[C@H](O[Si](C)(C)C(C)(C)C)[C@@H]1OC(=O)[C@@H]2C[C@@H](C3(C)OCC(C)(C)CO3)[C@@H]3OC(C)(C)O[C@@H]3[C@@H]12. The molecule has 4 aliphatic rings. The third-order valence-electron chi connectivity index (χ3n) is 8.77. The van der Waals surface area contributed by atoms with Crippen molar-refractivity contribution in [3.63, 3.8) is 0 Å². The summed E-state index contributed by atoms with van der Waals surface area (Å²) in [7, 11) is -2.05. The van der Waals surface area contributed by atoms with Gasteiger partial charge in [0.05, 0.1) is 37.4 Å². The first-order valence-corrected chi connectivity index (χ1v) is 15.8. The van der Waals surface area contributed by atoms with Crippen LogP contribution in [0.25, 0.3) is 0 Å². The molecule has 0 aromatic carbocycles. The molecule has 0 aromatic heterocycles. The van der Waals surface area contributed by atoms with Crippen molar-refractivity contribution >= 4 is 14.3 Å². The van der Waals surface area contributed by atoms with Gasteiger partial charge in [-0.05, 0) is 52.2 Å². The Morgan fingerprint density at radius 1 is 1.00 bits per heavy atom. The topological polar surface area (TPSA) is 72.5 Å². The monoisotopic (exact) mass is 498 g/mol. The zero-order valence-electron chi connectivity index (χ0n) is 23.0. The van der Waals surface area contributed by atoms with Gasteiger partial charge in [-0.25, -0.2) is 0 Å². The predicted octanol–water partition coefficient (Wildman–Crippen LogP) is 4.88. The van der Waals surface area contributed by atoms with Gasteiger partial charge >= 0.3 is 5.97 Å². The molecule has 7 atom stereocenters. The van der Waals surface area contributed by atoms with Crippen molar-refractivity contribution in [2.75, 3.05) is 13.2 Å². The average Bonchev–Trinajstić information content (AvgIpc) is 3.18. The Balaban J connectivity index is 1.62. The highest BCUT2D eigenvalue weighted by Crippen LogP contribution is 2.55. The molecule has 0 radical (unpaired) electrons. The first kappa shape index (κ1) is 26.5. The number of fused-ring (bicyclic) bond motifs is 3. The summed E-state index contributed by atoms with van der Waals surface area (Å²) in [6.45, 7) is 24.5. The lowest BCUT2D eigenvalue weighted by Gasteiger charge is -2.50. The molecule has 1 saturated carbocycles. The molecule has 3 heterocycles. The van der Waals surface area contributed by atoms with Gasteiger partial charge in [0, 0.05) is 17.3 Å². The first-order chi connectivity index (χ1) is 15.4. The van der Waals surface area contributed by atoms with Crippen molar-refractivity contribution in [3.05, 3.63) is 0 Å². The van der Waals surface area contributed by atoms with Crippen LogP contribution in [-0.4, -0.2) is 63.5 Å². The molecule has 7 nitrogen and oxygen atoms in total. The third kappa shape index (κ3) is 4.63. The summed E-state index contributed by atoms with van der Waals surface area (Å²) in [5.41, 5.74) is -0.0453. The highest BCUT2D eigenvalue weighted by atomic mass is 28.4. The van der Waals surface area contributed by atoms with Crippen LogP contribution in [0.3, 0.4) is 0 Å². The van der Waals surface area contributed by atoms with E-state index in [9.17, 15) is 4.79 Å². The largest absolute Gasteiger partial charge is 0.459 e. The van der Waals surface area contributed by atoms with E-state index in [0.717, 1.165) is 0 Å². The van der Waals surface area contributed by atoms with Crippen LogP contribution in [0.4, 0.5) is 0 Å². The number of ether oxygens (including phenoxy) is 5. The van der Waals surface area contributed by atoms with Crippen LogP contribution in [0.5, 0.6) is 0 Å². The summed E-state index contributed by atoms with van der Waals surface area (Å²) in [5, 5.41) is 0.0659. The smallest absolute Gasteiger partial charge is 0.309 e. The summed E-state index contributed by atoms with van der Waals surface area (Å²) in [6.07, 6.45) is -0.538. The molecule has 196 valence electrons. The summed E-state index contributed by atoms with van der Waals surface area (Å²) in [5.74, 6) is -2.32. The number of hydrogen-bond donors (Lipinski definition) is 0. The van der Waals surface area contributed by atoms with Gasteiger partial charge in [0.15, 0.2) is 19.9 Å². The fraction of sp³-hybridized carbons (Fsp3) is 0.962. The number of hydrogen-bond acceptors (Lipinski definition) is 7. The van der Waals surface area contributed by atoms with E-state index in [0.29, 0.717) is 19.6 Å². The maximum atomic E-state index is 13.2. The standard InChI is InChI=1S/C26H46O7Si/c1-15(33-34(10,11)23(2,3)4)19-18-16(22(27)30-19)12-17(20-21(18)32-25(7,8)31-20)26(9)28-13-24(5,6)14-29-26/h15-21H,12-14H2,1-11H3/t15-,16+,17+,18+,19-,20-,21+/m0/s1. The fourth-order valence-corrected chi connectivity index (χ4v) is 7.21. The van der Waals surface area contributed by atoms with Crippen LogP contribution in [0.15, 0.2) is 0 Å². The molecule has 34 heavy (non-hydrogen) atoms. The molecule has 1 aliphatic carbocycles. The van der Waals surface area contributed by atoms with E-state index < -0.39 is 19.9 Å². The lowest BCUT2D eigenvalue weighted by molar-refractivity contribution is -0.330. The van der Waals surface area contributed by atoms with E-state index in [1.54, 1.807) is 0 Å². The minimum absolute atomic E-state index is 0.0453. The number of rotatable bonds is 4. The van der Waals surface area contributed by atoms with Crippen LogP contribution in [-0.2, 0) is 32.9 Å². The molecule has 0 aromatic rings. The number of carbonyl (C=O) groups is 1. The van der Waals surface area contributed by atoms with Crippen molar-refractivity contribution in [1.82, 2.24) is 0 Å². The highest BCUT2D eigenvalue weighted by molar-refractivity contribution is 6.74. The molecule has 0 amide bonds. The van der Waals surface area contributed by atoms with Crippen molar-refractivity contribution in [2.45, 2.75) is 123 Å². The number of carbonyl (C=O) groups excluding carboxylic acids is 1. The molecule has 0 N–H and O–H groups in total. The van der Waals surface area contributed by atoms with Crippen molar-refractivity contribution < 1.29 is 32.9 Å². The molecular formula is C26H46O7Si. The summed E-state index contributed by atoms with van der Waals surface area (Å²) in [6, 6.07) is 0. The van der Waals surface area contributed by atoms with Crippen LogP contribution >= 0.6 is 0 Å². The Labute approximate surface area is 206 Å². The quantitative estimate of drug-likeness (QED) is 0.404. The molecule has 3 saturated heterocycles. The normalized spacial score (nSPS) is 39.8. The summed E-state index contributed by atoms with van der Waals surface area (Å²) >= 11 is 0. The van der Waals surface area contributed by atoms with Crippen molar-refractivity contribution in [2.24, 2.45) is 23.2 Å². The third-order valence-corrected chi connectivity index (χ3v) is 13.3. The Hall–Kier alpha value is -0.513. The molecule has 0 unspecified atom stereocenters. The molecule has 0 spiro atoms. The Kier molecular flexibility index (Phi) is 6.44. The van der Waals surface area contributed by atoms with E-state index in [1.165, 1.54) is 0 Å². The number of cyclic esters (lactones) is 1. The zero-order chi connectivity index (χ0) is 25.5. The fourth-order valence-electron chi connectivity index (χ4n) is 5.79. The minimum Gasteiger partial charge on any atom is -0.459 e. The van der Waals surface area contributed by atoms with Gasteiger partial charge in [-0.1, -0.05) is 34.6 Å². The van der Waals surface area contributed by atoms with Crippen LogP contribution < -0.4 is 0 Å². The van der Waals surface area contributed by atoms with Crippen molar-refractivity contribution in [1.29, 1.82) is 0 Å². The summed E-state index contributed by atoms with van der Waals surface area (Å²) in [4.78, 5) is 13.2. The summed E-state index contributed by atoms with van der Waals surface area (Å²) < 4.78 is 38.4. The van der Waals surface area contributed by atoms with Gasteiger partial charge in [-0.3, -0.25) is 4.79 Å². The highest BCUT2D eigenvalue weighted by Gasteiger charge is 2.66. The van der Waals surface area contributed by atoms with E-state index in [2.05, 4.69) is 47.7 Å². The van der Waals surface area contributed by atoms with Crippen LogP contribution in [0.1, 0.15) is 68.7 Å². The maximum Gasteiger partial charge on any atom is 0.309 e. The van der Waals surface area contributed by atoms with Gasteiger partial charge in [0.2, 0.25) is 0 Å². The Bertz CT molecular complexity index is 791.